The van der Waals surface area contributed by atoms with Gasteiger partial charge in [0.05, 0.1) is 52.8 Å². The smallest absolute Gasteiger partial charge is 0.310 e. The van der Waals surface area contributed by atoms with Gasteiger partial charge < -0.3 is 38.1 Å². The van der Waals surface area contributed by atoms with E-state index >= 15 is 0 Å². The van der Waals surface area contributed by atoms with Crippen LogP contribution in [0.15, 0.2) is 28.7 Å². The molecule has 3 heterocycles. The van der Waals surface area contributed by atoms with Gasteiger partial charge in [-0.3, -0.25) is 4.79 Å². The molecule has 0 unspecified atom stereocenters. The number of carbonyl (C=O) groups is 1. The van der Waals surface area contributed by atoms with Gasteiger partial charge in [-0.1, -0.05) is 0 Å². The molecule has 2 aromatic rings. The number of ether oxygens (including phenoxy) is 7. The molecule has 0 bridgehead atoms. The molecule has 12 nitrogen and oxygen atoms in total. The molecule has 4 aliphatic rings. The number of benzene rings is 2. The molecule has 0 N–H and O–H groups in total. The molecule has 0 saturated carbocycles. The number of carbonyl (C=O) groups excluding carboxylic acids is 1. The molecule has 6 rings (SSSR count). The number of hydrogen-bond donors (Lipinski definition) is 0. The Morgan fingerprint density at radius 3 is 2.21 bits per heavy atom. The number of nitrogens with zero attached hydrogens (tertiary/aromatic N) is 2. The third kappa shape index (κ3) is 5.55. The van der Waals surface area contributed by atoms with Crippen LogP contribution in [0.5, 0.6) is 28.7 Å². The first-order valence-corrected chi connectivity index (χ1v) is 16.1. The Labute approximate surface area is 250 Å². The number of esters is 1. The topological polar surface area (TPSA) is 131 Å². The SMILES string of the molecule is COc1cc([C@@H]2c3cc4c(cc3[C@@H](OCCC(=NS(C)(=O)=O)N3CCCC3)[C@H]3COC(=O)[C@H]23)OCO4)cc(OC)c1OC. The van der Waals surface area contributed by atoms with Crippen LogP contribution < -0.4 is 23.7 Å². The van der Waals surface area contributed by atoms with Gasteiger partial charge in [0.1, 0.15) is 5.84 Å². The van der Waals surface area contributed by atoms with E-state index in [2.05, 4.69) is 4.40 Å². The van der Waals surface area contributed by atoms with Gasteiger partial charge in [-0.2, -0.15) is 4.40 Å². The Bertz CT molecular complexity index is 1510. The minimum Gasteiger partial charge on any atom is -0.493 e. The monoisotopic (exact) mass is 616 g/mol. The summed E-state index contributed by atoms with van der Waals surface area (Å²) in [5.41, 5.74) is 2.48. The standard InChI is InChI=1S/C30H36N2O10S/c1-36-23-11-17(12-24(37-2)29(23)38-3)26-18-13-21-22(42-16-41-21)14-19(18)28(20-15-40-30(33)27(20)26)39-10-7-25(31-43(4,34)35)32-8-5-6-9-32/h11-14,20,26-28H,5-10,15-16H2,1-4H3/t20-,26+,27-,28+/m0/s1. The molecule has 0 amide bonds. The second kappa shape index (κ2) is 11.8. The average molecular weight is 617 g/mol. The van der Waals surface area contributed by atoms with E-state index in [9.17, 15) is 13.2 Å². The fourth-order valence-electron chi connectivity index (χ4n) is 6.71. The van der Waals surface area contributed by atoms with Gasteiger partial charge in [-0.15, -0.1) is 0 Å². The number of hydrogen-bond acceptors (Lipinski definition) is 10. The largest absolute Gasteiger partial charge is 0.493 e. The highest BCUT2D eigenvalue weighted by Gasteiger charge is 2.53. The van der Waals surface area contributed by atoms with E-state index in [4.69, 9.17) is 33.2 Å². The normalized spacial score (nSPS) is 24.4. The Kier molecular flexibility index (Phi) is 8.03. The van der Waals surface area contributed by atoms with Crippen molar-refractivity contribution in [1.82, 2.24) is 4.90 Å². The Balaban J connectivity index is 1.40. The first-order valence-electron chi connectivity index (χ1n) is 14.3. The van der Waals surface area contributed by atoms with Crippen molar-refractivity contribution in [2.45, 2.75) is 31.3 Å². The van der Waals surface area contributed by atoms with Gasteiger partial charge >= 0.3 is 5.97 Å². The lowest BCUT2D eigenvalue weighted by Gasteiger charge is -2.39. The van der Waals surface area contributed by atoms with Crippen LogP contribution in [0.4, 0.5) is 0 Å². The highest BCUT2D eigenvalue weighted by Crippen LogP contribution is 2.56. The van der Waals surface area contributed by atoms with Crippen molar-refractivity contribution >= 4 is 21.8 Å². The summed E-state index contributed by atoms with van der Waals surface area (Å²) >= 11 is 0. The molecule has 1 aliphatic carbocycles. The molecule has 0 radical (unpaired) electrons. The van der Waals surface area contributed by atoms with Crippen LogP contribution in [-0.4, -0.2) is 85.8 Å². The van der Waals surface area contributed by atoms with Gasteiger partial charge in [-0.05, 0) is 53.8 Å². The number of methoxy groups -OCH3 is 3. The van der Waals surface area contributed by atoms with E-state index in [1.165, 1.54) is 0 Å². The predicted octanol–water partition coefficient (Wildman–Crippen LogP) is 3.28. The highest BCUT2D eigenvalue weighted by molar-refractivity contribution is 7.89. The Hall–Kier alpha value is -3.71. The van der Waals surface area contributed by atoms with E-state index < -0.39 is 28.0 Å². The summed E-state index contributed by atoms with van der Waals surface area (Å²) in [6.07, 6.45) is 2.86. The number of fused-ring (bicyclic) bond motifs is 3. The summed E-state index contributed by atoms with van der Waals surface area (Å²) in [4.78, 5) is 15.4. The van der Waals surface area contributed by atoms with Crippen molar-refractivity contribution in [2.24, 2.45) is 16.2 Å². The predicted molar refractivity (Wildman–Crippen MR) is 155 cm³/mol. The molecule has 13 heteroatoms. The van der Waals surface area contributed by atoms with Gasteiger partial charge in [0, 0.05) is 31.3 Å². The first kappa shape index (κ1) is 29.4. The maximum absolute atomic E-state index is 13.4. The molecule has 232 valence electrons. The molecule has 0 aromatic heterocycles. The van der Waals surface area contributed by atoms with Crippen LogP contribution in [0.2, 0.25) is 0 Å². The quantitative estimate of drug-likeness (QED) is 0.234. The number of cyclic esters (lactones) is 1. The second-order valence-corrected chi connectivity index (χ2v) is 12.7. The van der Waals surface area contributed by atoms with E-state index in [0.717, 1.165) is 48.9 Å². The zero-order chi connectivity index (χ0) is 30.3. The van der Waals surface area contributed by atoms with Crippen LogP contribution in [0.1, 0.15) is 48.0 Å². The van der Waals surface area contributed by atoms with Gasteiger partial charge in [0.25, 0.3) is 10.0 Å². The summed E-state index contributed by atoms with van der Waals surface area (Å²) in [5, 5.41) is 0. The Morgan fingerprint density at radius 1 is 0.953 bits per heavy atom. The molecule has 43 heavy (non-hydrogen) atoms. The average Bonchev–Trinajstić information content (AvgIpc) is 3.76. The fraction of sp³-hybridized carbons (Fsp3) is 0.533. The van der Waals surface area contributed by atoms with Crippen LogP contribution in [0, 0.1) is 11.8 Å². The first-order chi connectivity index (χ1) is 20.7. The van der Waals surface area contributed by atoms with Crippen LogP contribution in [0.25, 0.3) is 0 Å². The summed E-state index contributed by atoms with van der Waals surface area (Å²) < 4.78 is 68.6. The van der Waals surface area contributed by atoms with Crippen LogP contribution in [-0.2, 0) is 24.3 Å². The third-order valence-corrected chi connectivity index (χ3v) is 9.07. The Morgan fingerprint density at radius 2 is 1.60 bits per heavy atom. The number of rotatable bonds is 9. The maximum Gasteiger partial charge on any atom is 0.310 e. The zero-order valence-corrected chi connectivity index (χ0v) is 25.5. The number of sulfonamides is 1. The molecule has 0 spiro atoms. The third-order valence-electron chi connectivity index (χ3n) is 8.53. The van der Waals surface area contributed by atoms with Crippen molar-refractivity contribution < 1.29 is 46.4 Å². The van der Waals surface area contributed by atoms with Crippen LogP contribution >= 0.6 is 0 Å². The number of likely N-dealkylation sites (tertiary alicyclic amines) is 1. The summed E-state index contributed by atoms with van der Waals surface area (Å²) in [6.45, 7) is 1.99. The fourth-order valence-corrected chi connectivity index (χ4v) is 7.30. The van der Waals surface area contributed by atoms with E-state index in [0.29, 0.717) is 41.0 Å². The molecule has 4 atom stereocenters. The van der Waals surface area contributed by atoms with E-state index in [-0.39, 0.29) is 31.9 Å². The van der Waals surface area contributed by atoms with Gasteiger partial charge in [-0.25, -0.2) is 8.42 Å². The summed E-state index contributed by atoms with van der Waals surface area (Å²) in [6, 6.07) is 7.53. The molecule has 2 fully saturated rings. The van der Waals surface area contributed by atoms with Crippen molar-refractivity contribution in [3.8, 4) is 28.7 Å². The van der Waals surface area contributed by atoms with E-state index in [1.807, 2.05) is 29.2 Å². The lowest BCUT2D eigenvalue weighted by atomic mass is 9.66. The molecule has 2 aromatic carbocycles. The molecule has 2 saturated heterocycles. The van der Waals surface area contributed by atoms with Crippen molar-refractivity contribution in [3.05, 3.63) is 41.0 Å². The lowest BCUT2D eigenvalue weighted by molar-refractivity contribution is -0.141. The summed E-state index contributed by atoms with van der Waals surface area (Å²) in [5.74, 6) is 1.43. The maximum atomic E-state index is 13.4. The zero-order valence-electron chi connectivity index (χ0n) is 24.7. The lowest BCUT2D eigenvalue weighted by Crippen LogP contribution is -2.36. The van der Waals surface area contributed by atoms with Crippen molar-refractivity contribution in [1.29, 1.82) is 0 Å². The van der Waals surface area contributed by atoms with Crippen LogP contribution in [0.3, 0.4) is 0 Å². The minimum atomic E-state index is -3.58. The molecule has 3 aliphatic heterocycles. The van der Waals surface area contributed by atoms with Crippen molar-refractivity contribution in [2.75, 3.05) is 60.7 Å². The van der Waals surface area contributed by atoms with Gasteiger partial charge in [0.2, 0.25) is 12.5 Å². The minimum absolute atomic E-state index is 0.0919. The van der Waals surface area contributed by atoms with Crippen molar-refractivity contribution in [3.63, 3.8) is 0 Å². The van der Waals surface area contributed by atoms with Gasteiger partial charge in [0.15, 0.2) is 23.0 Å². The molecular formula is C30H36N2O10S. The summed E-state index contributed by atoms with van der Waals surface area (Å²) in [7, 11) is 1.06. The molecular weight excluding hydrogens is 580 g/mol. The number of amidine groups is 1. The highest BCUT2D eigenvalue weighted by atomic mass is 32.2. The van der Waals surface area contributed by atoms with E-state index in [1.54, 1.807) is 21.3 Å². The second-order valence-electron chi connectivity index (χ2n) is 11.1.